The highest BCUT2D eigenvalue weighted by molar-refractivity contribution is 7.89. The molecule has 0 aliphatic carbocycles. The monoisotopic (exact) mass is 378 g/mol. The molecule has 7 heteroatoms. The highest BCUT2D eigenvalue weighted by Crippen LogP contribution is 2.12. The molecular formula is C19H23FN2O3S. The predicted octanol–water partition coefficient (Wildman–Crippen LogP) is 2.85. The van der Waals surface area contributed by atoms with Crippen LogP contribution in [-0.4, -0.2) is 32.3 Å². The summed E-state index contributed by atoms with van der Waals surface area (Å²) in [6, 6.07) is 12.4. The zero-order valence-electron chi connectivity index (χ0n) is 14.9. The number of nitrogens with zero attached hydrogens (tertiary/aromatic N) is 1. The maximum atomic E-state index is 12.9. The van der Waals surface area contributed by atoms with Crippen LogP contribution in [0.3, 0.4) is 0 Å². The number of rotatable bonds is 8. The first-order valence-electron chi connectivity index (χ1n) is 8.41. The second kappa shape index (κ2) is 8.91. The third-order valence-electron chi connectivity index (χ3n) is 4.11. The van der Waals surface area contributed by atoms with Crippen LogP contribution in [0.1, 0.15) is 24.5 Å². The van der Waals surface area contributed by atoms with E-state index in [0.717, 1.165) is 23.3 Å². The average Bonchev–Trinajstić information content (AvgIpc) is 2.61. The molecule has 1 amide bonds. The van der Waals surface area contributed by atoms with E-state index in [9.17, 15) is 17.6 Å². The van der Waals surface area contributed by atoms with Gasteiger partial charge in [-0.15, -0.1) is 0 Å². The van der Waals surface area contributed by atoms with Gasteiger partial charge in [-0.1, -0.05) is 24.3 Å². The molecule has 0 saturated carbocycles. The van der Waals surface area contributed by atoms with E-state index in [1.165, 1.54) is 12.1 Å². The molecule has 0 heterocycles. The molecule has 0 atom stereocenters. The summed E-state index contributed by atoms with van der Waals surface area (Å²) >= 11 is 0. The van der Waals surface area contributed by atoms with E-state index >= 15 is 0 Å². The molecule has 1 N–H and O–H groups in total. The normalized spacial score (nSPS) is 11.3. The molecule has 2 aromatic rings. The highest BCUT2D eigenvalue weighted by atomic mass is 32.2. The van der Waals surface area contributed by atoms with Crippen molar-refractivity contribution in [3.05, 3.63) is 65.5 Å². The minimum atomic E-state index is -3.76. The Morgan fingerprint density at radius 2 is 1.77 bits per heavy atom. The molecule has 5 nitrogen and oxygen atoms in total. The minimum Gasteiger partial charge on any atom is -0.339 e. The molecule has 140 valence electrons. The molecular weight excluding hydrogens is 355 g/mol. The van der Waals surface area contributed by atoms with Gasteiger partial charge in [-0.25, -0.2) is 17.5 Å². The average molecular weight is 378 g/mol. The van der Waals surface area contributed by atoms with E-state index in [-0.39, 0.29) is 23.8 Å². The third-order valence-corrected chi connectivity index (χ3v) is 5.59. The summed E-state index contributed by atoms with van der Waals surface area (Å²) in [5.41, 5.74) is 2.17. The SMILES string of the molecule is CCN(Cc1ccccc1C)C(=O)CCNS(=O)(=O)c1ccc(F)cc1. The topological polar surface area (TPSA) is 66.5 Å². The second-order valence-corrected chi connectivity index (χ2v) is 7.70. The highest BCUT2D eigenvalue weighted by Gasteiger charge is 2.17. The van der Waals surface area contributed by atoms with Crippen molar-refractivity contribution in [1.29, 1.82) is 0 Å². The van der Waals surface area contributed by atoms with Crippen LogP contribution in [0, 0.1) is 12.7 Å². The van der Waals surface area contributed by atoms with E-state index in [0.29, 0.717) is 13.1 Å². The lowest BCUT2D eigenvalue weighted by atomic mass is 10.1. The lowest BCUT2D eigenvalue weighted by Crippen LogP contribution is -2.34. The number of hydrogen-bond acceptors (Lipinski definition) is 3. The fourth-order valence-corrected chi connectivity index (χ4v) is 3.55. The Bertz CT molecular complexity index is 851. The number of benzene rings is 2. The number of sulfonamides is 1. The first-order chi connectivity index (χ1) is 12.3. The summed E-state index contributed by atoms with van der Waals surface area (Å²) in [7, 11) is -3.76. The van der Waals surface area contributed by atoms with Gasteiger partial charge in [-0.2, -0.15) is 0 Å². The summed E-state index contributed by atoms with van der Waals surface area (Å²) in [6.45, 7) is 4.90. The Morgan fingerprint density at radius 3 is 2.38 bits per heavy atom. The van der Waals surface area contributed by atoms with Gasteiger partial charge in [0, 0.05) is 26.1 Å². The number of nitrogens with one attached hydrogen (secondary N) is 1. The summed E-state index contributed by atoms with van der Waals surface area (Å²) < 4.78 is 39.6. The molecule has 2 aromatic carbocycles. The van der Waals surface area contributed by atoms with Gasteiger partial charge in [0.25, 0.3) is 0 Å². The summed E-state index contributed by atoms with van der Waals surface area (Å²) in [5, 5.41) is 0. The van der Waals surface area contributed by atoms with Gasteiger partial charge < -0.3 is 4.90 Å². The maximum absolute atomic E-state index is 12.9. The van der Waals surface area contributed by atoms with Crippen LogP contribution >= 0.6 is 0 Å². The van der Waals surface area contributed by atoms with E-state index < -0.39 is 15.8 Å². The van der Waals surface area contributed by atoms with E-state index in [2.05, 4.69) is 4.72 Å². The standard InChI is InChI=1S/C19H23FN2O3S/c1-3-22(14-16-7-5-4-6-15(16)2)19(23)12-13-21-26(24,25)18-10-8-17(20)9-11-18/h4-11,21H,3,12-14H2,1-2H3. The van der Waals surface area contributed by atoms with Crippen LogP contribution in [0.5, 0.6) is 0 Å². The number of carbonyl (C=O) groups is 1. The van der Waals surface area contributed by atoms with Gasteiger partial charge in [0.05, 0.1) is 4.90 Å². The van der Waals surface area contributed by atoms with Crippen LogP contribution in [-0.2, 0) is 21.4 Å². The summed E-state index contributed by atoms with van der Waals surface area (Å²) in [6.07, 6.45) is 0.0557. The molecule has 2 rings (SSSR count). The van der Waals surface area contributed by atoms with Crippen molar-refractivity contribution in [2.45, 2.75) is 31.7 Å². The van der Waals surface area contributed by atoms with E-state index in [4.69, 9.17) is 0 Å². The quantitative estimate of drug-likeness (QED) is 0.768. The molecule has 0 fully saturated rings. The van der Waals surface area contributed by atoms with Crippen LogP contribution in [0.25, 0.3) is 0 Å². The van der Waals surface area contributed by atoms with Crippen molar-refractivity contribution in [3.8, 4) is 0 Å². The summed E-state index contributed by atoms with van der Waals surface area (Å²) in [4.78, 5) is 14.1. The number of carbonyl (C=O) groups excluding carboxylic acids is 1. The van der Waals surface area contributed by atoms with Gasteiger partial charge >= 0.3 is 0 Å². The van der Waals surface area contributed by atoms with Crippen LogP contribution in [0.15, 0.2) is 53.4 Å². The Morgan fingerprint density at radius 1 is 1.12 bits per heavy atom. The lowest BCUT2D eigenvalue weighted by molar-refractivity contribution is -0.131. The molecule has 0 bridgehead atoms. The number of halogens is 1. The van der Waals surface area contributed by atoms with Crippen molar-refractivity contribution in [3.63, 3.8) is 0 Å². The van der Waals surface area contributed by atoms with Gasteiger partial charge in [0.1, 0.15) is 5.82 Å². The fraction of sp³-hybridized carbons (Fsp3) is 0.316. The Hall–Kier alpha value is -2.25. The second-order valence-electron chi connectivity index (χ2n) is 5.94. The van der Waals surface area contributed by atoms with Gasteiger partial charge in [-0.05, 0) is 49.2 Å². The smallest absolute Gasteiger partial charge is 0.240 e. The third kappa shape index (κ3) is 5.37. The van der Waals surface area contributed by atoms with Crippen molar-refractivity contribution in [2.75, 3.05) is 13.1 Å². The molecule has 0 unspecified atom stereocenters. The van der Waals surface area contributed by atoms with Gasteiger partial charge in [0.15, 0.2) is 0 Å². The molecule has 26 heavy (non-hydrogen) atoms. The Balaban J connectivity index is 1.92. The maximum Gasteiger partial charge on any atom is 0.240 e. The van der Waals surface area contributed by atoms with E-state index in [1.807, 2.05) is 38.1 Å². The van der Waals surface area contributed by atoms with Crippen LogP contribution in [0.2, 0.25) is 0 Å². The first kappa shape index (κ1) is 20.1. The lowest BCUT2D eigenvalue weighted by Gasteiger charge is -2.22. The largest absolute Gasteiger partial charge is 0.339 e. The predicted molar refractivity (Wildman–Crippen MR) is 98.5 cm³/mol. The van der Waals surface area contributed by atoms with Crippen molar-refractivity contribution < 1.29 is 17.6 Å². The first-order valence-corrected chi connectivity index (χ1v) is 9.89. The zero-order chi connectivity index (χ0) is 19.2. The summed E-state index contributed by atoms with van der Waals surface area (Å²) in [5.74, 6) is -0.633. The molecule has 0 saturated heterocycles. The van der Waals surface area contributed by atoms with Crippen LogP contribution < -0.4 is 4.72 Å². The van der Waals surface area contributed by atoms with E-state index in [1.54, 1.807) is 4.90 Å². The van der Waals surface area contributed by atoms with Crippen molar-refractivity contribution in [1.82, 2.24) is 9.62 Å². The Kier molecular flexibility index (Phi) is 6.88. The zero-order valence-corrected chi connectivity index (χ0v) is 15.7. The number of hydrogen-bond donors (Lipinski definition) is 1. The fourth-order valence-electron chi connectivity index (χ4n) is 2.52. The number of amides is 1. The molecule has 0 spiro atoms. The Labute approximate surface area is 153 Å². The van der Waals surface area contributed by atoms with Crippen molar-refractivity contribution >= 4 is 15.9 Å². The van der Waals surface area contributed by atoms with Gasteiger partial charge in [-0.3, -0.25) is 4.79 Å². The minimum absolute atomic E-state index is 0.0111. The number of aryl methyl sites for hydroxylation is 1. The van der Waals surface area contributed by atoms with Crippen LogP contribution in [0.4, 0.5) is 4.39 Å². The van der Waals surface area contributed by atoms with Crippen molar-refractivity contribution in [2.24, 2.45) is 0 Å². The molecule has 0 aliphatic rings. The molecule has 0 radical (unpaired) electrons. The molecule has 0 aliphatic heterocycles. The molecule has 0 aromatic heterocycles. The van der Waals surface area contributed by atoms with Gasteiger partial charge in [0.2, 0.25) is 15.9 Å².